The van der Waals surface area contributed by atoms with Crippen molar-refractivity contribution in [1.29, 1.82) is 0 Å². The third-order valence-corrected chi connectivity index (χ3v) is 4.02. The van der Waals surface area contributed by atoms with Crippen LogP contribution in [0.1, 0.15) is 59.8 Å². The van der Waals surface area contributed by atoms with E-state index in [9.17, 15) is 9.59 Å². The van der Waals surface area contributed by atoms with Crippen molar-refractivity contribution in [2.24, 2.45) is 17.8 Å². The molecule has 124 valence electrons. The summed E-state index contributed by atoms with van der Waals surface area (Å²) in [6.45, 7) is 9.78. The lowest BCUT2D eigenvalue weighted by molar-refractivity contribution is -0.137. The molecule has 5 nitrogen and oxygen atoms in total. The molecule has 0 bridgehead atoms. The quantitative estimate of drug-likeness (QED) is 0.548. The zero-order chi connectivity index (χ0) is 16.3. The van der Waals surface area contributed by atoms with Crippen molar-refractivity contribution in [2.75, 3.05) is 13.1 Å². The highest BCUT2D eigenvalue weighted by molar-refractivity contribution is 5.73. The average Bonchev–Trinajstić information content (AvgIpc) is 2.41. The van der Waals surface area contributed by atoms with Crippen LogP contribution in [0.5, 0.6) is 0 Å². The molecule has 0 aliphatic heterocycles. The monoisotopic (exact) mass is 300 g/mol. The van der Waals surface area contributed by atoms with E-state index in [1.54, 1.807) is 0 Å². The summed E-state index contributed by atoms with van der Waals surface area (Å²) in [7, 11) is 0. The van der Waals surface area contributed by atoms with E-state index in [2.05, 4.69) is 38.3 Å². The van der Waals surface area contributed by atoms with Gasteiger partial charge in [0.25, 0.3) is 0 Å². The zero-order valence-electron chi connectivity index (χ0n) is 13.9. The Labute approximate surface area is 128 Å². The molecule has 0 radical (unpaired) electrons. The molecule has 0 saturated heterocycles. The molecule has 0 aliphatic rings. The third-order valence-electron chi connectivity index (χ3n) is 4.02. The molecular weight excluding hydrogens is 268 g/mol. The smallest absolute Gasteiger partial charge is 0.314 e. The van der Waals surface area contributed by atoms with Gasteiger partial charge in [-0.1, -0.05) is 40.5 Å². The Hall–Kier alpha value is -1.26. The summed E-state index contributed by atoms with van der Waals surface area (Å²) >= 11 is 0. The SMILES string of the molecule is CCCC(CCNC(=O)NCC(C)C(C)C)CCC(=O)O. The molecule has 21 heavy (non-hydrogen) atoms. The Morgan fingerprint density at radius 2 is 1.71 bits per heavy atom. The second-order valence-electron chi connectivity index (χ2n) is 6.23. The van der Waals surface area contributed by atoms with E-state index in [1.165, 1.54) is 0 Å². The average molecular weight is 300 g/mol. The summed E-state index contributed by atoms with van der Waals surface area (Å²) in [5.41, 5.74) is 0. The maximum absolute atomic E-state index is 11.7. The number of urea groups is 1. The molecule has 5 heteroatoms. The minimum Gasteiger partial charge on any atom is -0.481 e. The Bertz CT molecular complexity index is 306. The van der Waals surface area contributed by atoms with Gasteiger partial charge in [0.05, 0.1) is 0 Å². The topological polar surface area (TPSA) is 78.4 Å². The molecule has 3 N–H and O–H groups in total. The van der Waals surface area contributed by atoms with E-state index in [1.807, 2.05) is 0 Å². The second kappa shape index (κ2) is 11.4. The maximum atomic E-state index is 11.7. The van der Waals surface area contributed by atoms with Gasteiger partial charge >= 0.3 is 12.0 Å². The van der Waals surface area contributed by atoms with Gasteiger partial charge in [-0.15, -0.1) is 0 Å². The number of hydrogen-bond donors (Lipinski definition) is 3. The summed E-state index contributed by atoms with van der Waals surface area (Å²) in [6.07, 6.45) is 3.80. The van der Waals surface area contributed by atoms with Crippen molar-refractivity contribution >= 4 is 12.0 Å². The van der Waals surface area contributed by atoms with Crippen LogP contribution in [0, 0.1) is 17.8 Å². The number of carboxylic acid groups (broad SMARTS) is 1. The summed E-state index contributed by atoms with van der Waals surface area (Å²) in [5, 5.41) is 14.5. The van der Waals surface area contributed by atoms with Crippen LogP contribution in [0.15, 0.2) is 0 Å². The van der Waals surface area contributed by atoms with Crippen LogP contribution in [-0.4, -0.2) is 30.2 Å². The van der Waals surface area contributed by atoms with Crippen LogP contribution in [0.3, 0.4) is 0 Å². The molecule has 0 aromatic carbocycles. The third kappa shape index (κ3) is 11.1. The van der Waals surface area contributed by atoms with E-state index in [0.29, 0.717) is 37.3 Å². The first-order chi connectivity index (χ1) is 9.86. The lowest BCUT2D eigenvalue weighted by atomic mass is 9.94. The van der Waals surface area contributed by atoms with Gasteiger partial charge in [0, 0.05) is 19.5 Å². The molecule has 0 aromatic rings. The van der Waals surface area contributed by atoms with Crippen molar-refractivity contribution in [3.8, 4) is 0 Å². The molecular formula is C16H32N2O3. The highest BCUT2D eigenvalue weighted by Gasteiger charge is 2.12. The van der Waals surface area contributed by atoms with Gasteiger partial charge in [-0.25, -0.2) is 4.79 Å². The molecule has 0 rings (SSSR count). The predicted molar refractivity (Wildman–Crippen MR) is 85.3 cm³/mol. The fourth-order valence-electron chi connectivity index (χ4n) is 2.11. The first-order valence-electron chi connectivity index (χ1n) is 8.10. The van der Waals surface area contributed by atoms with Crippen molar-refractivity contribution in [3.63, 3.8) is 0 Å². The lowest BCUT2D eigenvalue weighted by Crippen LogP contribution is -2.39. The normalized spacial score (nSPS) is 13.8. The Balaban J connectivity index is 3.86. The number of amides is 2. The fraction of sp³-hybridized carbons (Fsp3) is 0.875. The van der Waals surface area contributed by atoms with Crippen LogP contribution in [-0.2, 0) is 4.79 Å². The molecule has 2 amide bonds. The van der Waals surface area contributed by atoms with Gasteiger partial charge in [-0.05, 0) is 30.6 Å². The molecule has 0 heterocycles. The standard InChI is InChI=1S/C16H32N2O3/c1-5-6-14(7-8-15(19)20)9-10-17-16(21)18-11-13(4)12(2)3/h12-14H,5-11H2,1-4H3,(H,19,20)(H2,17,18,21). The number of carbonyl (C=O) groups excluding carboxylic acids is 1. The van der Waals surface area contributed by atoms with E-state index >= 15 is 0 Å². The Morgan fingerprint density at radius 3 is 2.24 bits per heavy atom. The number of carbonyl (C=O) groups is 2. The van der Waals surface area contributed by atoms with Gasteiger partial charge in [-0.3, -0.25) is 4.79 Å². The van der Waals surface area contributed by atoms with Crippen molar-refractivity contribution in [2.45, 2.75) is 59.8 Å². The van der Waals surface area contributed by atoms with Gasteiger partial charge in [0.2, 0.25) is 0 Å². The van der Waals surface area contributed by atoms with Crippen LogP contribution in [0.4, 0.5) is 4.79 Å². The van der Waals surface area contributed by atoms with Gasteiger partial charge < -0.3 is 15.7 Å². The number of hydrogen-bond acceptors (Lipinski definition) is 2. The minimum absolute atomic E-state index is 0.129. The lowest BCUT2D eigenvalue weighted by Gasteiger charge is -2.18. The zero-order valence-corrected chi connectivity index (χ0v) is 13.9. The number of rotatable bonds is 11. The predicted octanol–water partition coefficient (Wildman–Crippen LogP) is 3.25. The first kappa shape index (κ1) is 19.7. The van der Waals surface area contributed by atoms with Gasteiger partial charge in [0.1, 0.15) is 0 Å². The van der Waals surface area contributed by atoms with E-state index in [0.717, 1.165) is 19.3 Å². The van der Waals surface area contributed by atoms with E-state index in [4.69, 9.17) is 5.11 Å². The molecule has 2 unspecified atom stereocenters. The molecule has 0 spiro atoms. The molecule has 2 atom stereocenters. The Kier molecular flexibility index (Phi) is 10.7. The highest BCUT2D eigenvalue weighted by atomic mass is 16.4. The van der Waals surface area contributed by atoms with Crippen molar-refractivity contribution in [1.82, 2.24) is 10.6 Å². The van der Waals surface area contributed by atoms with Gasteiger partial charge in [0.15, 0.2) is 0 Å². The molecule has 0 fully saturated rings. The number of carboxylic acids is 1. The van der Waals surface area contributed by atoms with E-state index in [-0.39, 0.29) is 12.5 Å². The Morgan fingerprint density at radius 1 is 1.05 bits per heavy atom. The minimum atomic E-state index is -0.746. The highest BCUT2D eigenvalue weighted by Crippen LogP contribution is 2.17. The number of nitrogens with one attached hydrogen (secondary N) is 2. The van der Waals surface area contributed by atoms with Crippen LogP contribution in [0.25, 0.3) is 0 Å². The fourth-order valence-corrected chi connectivity index (χ4v) is 2.11. The molecule has 0 aromatic heterocycles. The van der Waals surface area contributed by atoms with Gasteiger partial charge in [-0.2, -0.15) is 0 Å². The maximum Gasteiger partial charge on any atom is 0.314 e. The van der Waals surface area contributed by atoms with Crippen LogP contribution < -0.4 is 10.6 Å². The van der Waals surface area contributed by atoms with Crippen LogP contribution >= 0.6 is 0 Å². The van der Waals surface area contributed by atoms with Crippen LogP contribution in [0.2, 0.25) is 0 Å². The van der Waals surface area contributed by atoms with Crippen molar-refractivity contribution < 1.29 is 14.7 Å². The number of aliphatic carboxylic acids is 1. The summed E-state index contributed by atoms with van der Waals surface area (Å²) in [6, 6.07) is -0.129. The first-order valence-corrected chi connectivity index (χ1v) is 8.10. The molecule has 0 aliphatic carbocycles. The second-order valence-corrected chi connectivity index (χ2v) is 6.23. The summed E-state index contributed by atoms with van der Waals surface area (Å²) in [4.78, 5) is 22.3. The van der Waals surface area contributed by atoms with Crippen molar-refractivity contribution in [3.05, 3.63) is 0 Å². The summed E-state index contributed by atoms with van der Waals surface area (Å²) < 4.78 is 0. The van der Waals surface area contributed by atoms with E-state index < -0.39 is 5.97 Å². The summed E-state index contributed by atoms with van der Waals surface area (Å²) in [5.74, 6) is 0.639. The largest absolute Gasteiger partial charge is 0.481 e. The molecule has 0 saturated carbocycles.